The molecule has 0 amide bonds. The SMILES string of the molecule is CNc1nc(Cl)nc(NCc2ncccc2C)n1. The maximum atomic E-state index is 5.78. The highest BCUT2D eigenvalue weighted by Crippen LogP contribution is 2.10. The molecule has 0 saturated heterocycles. The normalized spacial score (nSPS) is 10.2. The lowest BCUT2D eigenvalue weighted by Crippen LogP contribution is -2.09. The number of nitrogens with zero attached hydrogens (tertiary/aromatic N) is 4. The second kappa shape index (κ2) is 5.59. The summed E-state index contributed by atoms with van der Waals surface area (Å²) in [6, 6.07) is 3.90. The molecule has 0 fully saturated rings. The van der Waals surface area contributed by atoms with E-state index in [1.54, 1.807) is 13.2 Å². The lowest BCUT2D eigenvalue weighted by atomic mass is 10.2. The van der Waals surface area contributed by atoms with Gasteiger partial charge in [0.05, 0.1) is 12.2 Å². The molecular weight excluding hydrogens is 252 g/mol. The molecule has 0 aliphatic carbocycles. The molecule has 0 unspecified atom stereocenters. The van der Waals surface area contributed by atoms with Crippen LogP contribution in [-0.4, -0.2) is 27.0 Å². The van der Waals surface area contributed by atoms with Crippen LogP contribution in [0, 0.1) is 6.92 Å². The van der Waals surface area contributed by atoms with Crippen LogP contribution in [0.25, 0.3) is 0 Å². The Bertz CT molecular complexity index is 545. The highest BCUT2D eigenvalue weighted by molar-refractivity contribution is 6.28. The van der Waals surface area contributed by atoms with Crippen molar-refractivity contribution in [1.29, 1.82) is 0 Å². The molecular formula is C11H13ClN6. The standard InChI is InChI=1S/C11H13ClN6/c1-7-4-3-5-14-8(7)6-15-11-17-9(12)16-10(13-2)18-11/h3-5H,6H2,1-2H3,(H2,13,15,16,17,18). The summed E-state index contributed by atoms with van der Waals surface area (Å²) >= 11 is 5.78. The zero-order valence-electron chi connectivity index (χ0n) is 10.1. The van der Waals surface area contributed by atoms with E-state index in [0.29, 0.717) is 18.4 Å². The molecule has 6 nitrogen and oxygen atoms in total. The lowest BCUT2D eigenvalue weighted by Gasteiger charge is -2.07. The van der Waals surface area contributed by atoms with Gasteiger partial charge in [0.1, 0.15) is 0 Å². The Hall–Kier alpha value is -1.95. The first-order chi connectivity index (χ1) is 8.69. The molecule has 0 atom stereocenters. The molecule has 0 spiro atoms. The van der Waals surface area contributed by atoms with Crippen molar-refractivity contribution in [2.45, 2.75) is 13.5 Å². The minimum Gasteiger partial charge on any atom is -0.357 e. The number of hydrogen-bond acceptors (Lipinski definition) is 6. The summed E-state index contributed by atoms with van der Waals surface area (Å²) in [6.45, 7) is 2.54. The number of hydrogen-bond donors (Lipinski definition) is 2. The monoisotopic (exact) mass is 264 g/mol. The molecule has 0 saturated carbocycles. The zero-order chi connectivity index (χ0) is 13.0. The van der Waals surface area contributed by atoms with E-state index in [1.807, 2.05) is 19.1 Å². The molecule has 2 heterocycles. The Labute approximate surface area is 110 Å². The highest BCUT2D eigenvalue weighted by atomic mass is 35.5. The second-order valence-electron chi connectivity index (χ2n) is 3.62. The molecule has 2 N–H and O–H groups in total. The van der Waals surface area contributed by atoms with Crippen molar-refractivity contribution in [3.05, 3.63) is 34.9 Å². The molecule has 0 radical (unpaired) electrons. The van der Waals surface area contributed by atoms with Crippen LogP contribution in [0.3, 0.4) is 0 Å². The first kappa shape index (κ1) is 12.5. The van der Waals surface area contributed by atoms with E-state index < -0.39 is 0 Å². The number of anilines is 2. The minimum absolute atomic E-state index is 0.148. The van der Waals surface area contributed by atoms with E-state index in [1.165, 1.54) is 0 Å². The molecule has 7 heteroatoms. The molecule has 2 aromatic rings. The third kappa shape index (κ3) is 3.04. The average molecular weight is 265 g/mol. The second-order valence-corrected chi connectivity index (χ2v) is 3.96. The van der Waals surface area contributed by atoms with Crippen LogP contribution in [0.15, 0.2) is 18.3 Å². The van der Waals surface area contributed by atoms with Gasteiger partial charge in [-0.1, -0.05) is 6.07 Å². The van der Waals surface area contributed by atoms with Gasteiger partial charge < -0.3 is 10.6 Å². The van der Waals surface area contributed by atoms with Gasteiger partial charge in [0.15, 0.2) is 0 Å². The van der Waals surface area contributed by atoms with Gasteiger partial charge in [-0.15, -0.1) is 0 Å². The van der Waals surface area contributed by atoms with Gasteiger partial charge in [-0.3, -0.25) is 4.98 Å². The smallest absolute Gasteiger partial charge is 0.229 e. The van der Waals surface area contributed by atoms with Crippen LogP contribution >= 0.6 is 11.6 Å². The van der Waals surface area contributed by atoms with Crippen LogP contribution in [0.2, 0.25) is 5.28 Å². The summed E-state index contributed by atoms with van der Waals surface area (Å²) in [6.07, 6.45) is 1.75. The van der Waals surface area contributed by atoms with Crippen LogP contribution < -0.4 is 10.6 Å². The predicted molar refractivity (Wildman–Crippen MR) is 70.7 cm³/mol. The van der Waals surface area contributed by atoms with Crippen LogP contribution in [-0.2, 0) is 6.54 Å². The Morgan fingerprint density at radius 1 is 1.22 bits per heavy atom. The van der Waals surface area contributed by atoms with Crippen molar-refractivity contribution in [2.24, 2.45) is 0 Å². The summed E-state index contributed by atoms with van der Waals surface area (Å²) in [5.74, 6) is 0.847. The summed E-state index contributed by atoms with van der Waals surface area (Å²) in [5, 5.41) is 6.03. The maximum Gasteiger partial charge on any atom is 0.229 e. The molecule has 0 aliphatic heterocycles. The van der Waals surface area contributed by atoms with Crippen molar-refractivity contribution in [3.8, 4) is 0 Å². The third-order valence-corrected chi connectivity index (χ3v) is 2.53. The Morgan fingerprint density at radius 2 is 2.00 bits per heavy atom. The number of aromatic nitrogens is 4. The van der Waals surface area contributed by atoms with E-state index in [2.05, 4.69) is 30.6 Å². The van der Waals surface area contributed by atoms with Gasteiger partial charge in [-0.05, 0) is 30.2 Å². The molecule has 0 aliphatic rings. The van der Waals surface area contributed by atoms with Crippen molar-refractivity contribution in [3.63, 3.8) is 0 Å². The molecule has 0 bridgehead atoms. The van der Waals surface area contributed by atoms with Gasteiger partial charge >= 0.3 is 0 Å². The van der Waals surface area contributed by atoms with Gasteiger partial charge in [-0.2, -0.15) is 15.0 Å². The highest BCUT2D eigenvalue weighted by Gasteiger charge is 2.04. The number of rotatable bonds is 4. The van der Waals surface area contributed by atoms with Crippen LogP contribution in [0.4, 0.5) is 11.9 Å². The van der Waals surface area contributed by atoms with Crippen molar-refractivity contribution in [2.75, 3.05) is 17.7 Å². The minimum atomic E-state index is 0.148. The summed E-state index contributed by atoms with van der Waals surface area (Å²) in [7, 11) is 1.72. The van der Waals surface area contributed by atoms with Crippen LogP contribution in [0.5, 0.6) is 0 Å². The average Bonchev–Trinajstić information content (AvgIpc) is 2.37. The van der Waals surface area contributed by atoms with Crippen LogP contribution in [0.1, 0.15) is 11.3 Å². The number of nitrogens with one attached hydrogen (secondary N) is 2. The van der Waals surface area contributed by atoms with E-state index >= 15 is 0 Å². The molecule has 0 aromatic carbocycles. The topological polar surface area (TPSA) is 75.6 Å². The third-order valence-electron chi connectivity index (χ3n) is 2.36. The van der Waals surface area contributed by atoms with E-state index in [4.69, 9.17) is 11.6 Å². The van der Waals surface area contributed by atoms with Gasteiger partial charge in [-0.25, -0.2) is 0 Å². The zero-order valence-corrected chi connectivity index (χ0v) is 10.9. The molecule has 2 rings (SSSR count). The fraction of sp³-hybridized carbons (Fsp3) is 0.273. The molecule has 2 aromatic heterocycles. The number of pyridine rings is 1. The fourth-order valence-electron chi connectivity index (χ4n) is 1.41. The van der Waals surface area contributed by atoms with Crippen molar-refractivity contribution < 1.29 is 0 Å². The fourth-order valence-corrected chi connectivity index (χ4v) is 1.57. The summed E-state index contributed by atoms with van der Waals surface area (Å²) in [5.41, 5.74) is 2.05. The Morgan fingerprint density at radius 3 is 2.72 bits per heavy atom. The van der Waals surface area contributed by atoms with E-state index in [0.717, 1.165) is 11.3 Å². The van der Waals surface area contributed by atoms with E-state index in [-0.39, 0.29) is 5.28 Å². The van der Waals surface area contributed by atoms with E-state index in [9.17, 15) is 0 Å². The summed E-state index contributed by atoms with van der Waals surface area (Å²) < 4.78 is 0. The first-order valence-corrected chi connectivity index (χ1v) is 5.80. The number of halogens is 1. The van der Waals surface area contributed by atoms with Crippen molar-refractivity contribution in [1.82, 2.24) is 19.9 Å². The summed E-state index contributed by atoms with van der Waals surface area (Å²) in [4.78, 5) is 16.3. The Kier molecular flexibility index (Phi) is 3.88. The lowest BCUT2D eigenvalue weighted by molar-refractivity contribution is 0.963. The van der Waals surface area contributed by atoms with Gasteiger partial charge in [0, 0.05) is 13.2 Å². The van der Waals surface area contributed by atoms with Gasteiger partial charge in [0.25, 0.3) is 0 Å². The van der Waals surface area contributed by atoms with Gasteiger partial charge in [0.2, 0.25) is 17.2 Å². The molecule has 18 heavy (non-hydrogen) atoms. The molecule has 94 valence electrons. The largest absolute Gasteiger partial charge is 0.357 e. The quantitative estimate of drug-likeness (QED) is 0.878. The van der Waals surface area contributed by atoms with Crippen molar-refractivity contribution >= 4 is 23.5 Å². The maximum absolute atomic E-state index is 5.78. The Balaban J connectivity index is 2.11. The number of aryl methyl sites for hydroxylation is 1. The predicted octanol–water partition coefficient (Wildman–Crippen LogP) is 1.88. The first-order valence-electron chi connectivity index (χ1n) is 5.42.